The predicted octanol–water partition coefficient (Wildman–Crippen LogP) is 2.93. The van der Waals surface area contributed by atoms with Gasteiger partial charge in [-0.25, -0.2) is 4.39 Å². The van der Waals surface area contributed by atoms with Gasteiger partial charge in [-0.15, -0.1) is 0 Å². The minimum Gasteiger partial charge on any atom is -0.346 e. The van der Waals surface area contributed by atoms with Gasteiger partial charge in [0.15, 0.2) is 0 Å². The van der Waals surface area contributed by atoms with Gasteiger partial charge >= 0.3 is 6.18 Å². The number of nitrogens with one attached hydrogen (secondary N) is 1. The molecular formula is C12H12F4N2. The molecular weight excluding hydrogens is 248 g/mol. The summed E-state index contributed by atoms with van der Waals surface area (Å²) in [6, 6.07) is 6.09. The molecule has 0 unspecified atom stereocenters. The second-order valence-electron chi connectivity index (χ2n) is 4.00. The number of halogens is 4. The van der Waals surface area contributed by atoms with E-state index in [9.17, 15) is 17.6 Å². The van der Waals surface area contributed by atoms with Crippen LogP contribution in [-0.4, -0.2) is 23.8 Å². The number of aromatic nitrogens is 1. The van der Waals surface area contributed by atoms with Crippen LogP contribution in [0.1, 0.15) is 0 Å². The van der Waals surface area contributed by atoms with Crippen LogP contribution in [-0.2, 0) is 6.54 Å². The van der Waals surface area contributed by atoms with Crippen molar-refractivity contribution in [3.05, 3.63) is 36.3 Å². The zero-order valence-electron chi connectivity index (χ0n) is 9.47. The standard InChI is InChI=1S/C12H12F4N2/c13-10-1-2-11-9(7-10)3-5-18(11)6-4-17-8-12(14,15)16/h1-3,5,7,17H,4,6,8H2. The summed E-state index contributed by atoms with van der Waals surface area (Å²) in [4.78, 5) is 0. The summed E-state index contributed by atoms with van der Waals surface area (Å²) in [5, 5.41) is 3.06. The van der Waals surface area contributed by atoms with Gasteiger partial charge in [-0.2, -0.15) is 13.2 Å². The van der Waals surface area contributed by atoms with Crippen LogP contribution in [0.5, 0.6) is 0 Å². The van der Waals surface area contributed by atoms with E-state index in [-0.39, 0.29) is 12.4 Å². The lowest BCUT2D eigenvalue weighted by atomic mass is 10.2. The van der Waals surface area contributed by atoms with Crippen LogP contribution < -0.4 is 5.32 Å². The lowest BCUT2D eigenvalue weighted by molar-refractivity contribution is -0.124. The Bertz CT molecular complexity index is 530. The number of rotatable bonds is 4. The Hall–Kier alpha value is -1.56. The van der Waals surface area contributed by atoms with Crippen LogP contribution in [0.25, 0.3) is 10.9 Å². The molecule has 0 saturated heterocycles. The van der Waals surface area contributed by atoms with Crippen LogP contribution in [0.15, 0.2) is 30.5 Å². The van der Waals surface area contributed by atoms with E-state index in [1.54, 1.807) is 22.9 Å². The maximum Gasteiger partial charge on any atom is 0.401 e. The fourth-order valence-corrected chi connectivity index (χ4v) is 1.80. The maximum atomic E-state index is 12.9. The third kappa shape index (κ3) is 3.22. The minimum absolute atomic E-state index is 0.209. The van der Waals surface area contributed by atoms with E-state index in [0.717, 1.165) is 10.9 Å². The molecule has 18 heavy (non-hydrogen) atoms. The van der Waals surface area contributed by atoms with Crippen molar-refractivity contribution in [1.82, 2.24) is 9.88 Å². The molecule has 0 amide bonds. The van der Waals surface area contributed by atoms with Gasteiger partial charge in [0.1, 0.15) is 5.82 Å². The predicted molar refractivity (Wildman–Crippen MR) is 60.8 cm³/mol. The zero-order chi connectivity index (χ0) is 13.2. The van der Waals surface area contributed by atoms with Crippen LogP contribution >= 0.6 is 0 Å². The number of fused-ring (bicyclic) bond motifs is 1. The van der Waals surface area contributed by atoms with Crippen LogP contribution in [0, 0.1) is 5.82 Å². The quantitative estimate of drug-likeness (QED) is 0.660. The first-order chi connectivity index (χ1) is 8.46. The monoisotopic (exact) mass is 260 g/mol. The van der Waals surface area contributed by atoms with Gasteiger partial charge in [0.2, 0.25) is 0 Å². The Kier molecular flexibility index (Phi) is 3.56. The molecule has 0 aliphatic heterocycles. The highest BCUT2D eigenvalue weighted by Crippen LogP contribution is 2.17. The van der Waals surface area contributed by atoms with Crippen molar-refractivity contribution in [2.24, 2.45) is 0 Å². The van der Waals surface area contributed by atoms with Crippen molar-refractivity contribution < 1.29 is 17.6 Å². The van der Waals surface area contributed by atoms with Crippen LogP contribution in [0.4, 0.5) is 17.6 Å². The van der Waals surface area contributed by atoms with Gasteiger partial charge in [-0.05, 0) is 24.3 Å². The number of benzene rings is 1. The molecule has 0 aliphatic rings. The molecule has 0 bridgehead atoms. The Morgan fingerprint density at radius 2 is 1.94 bits per heavy atom. The lowest BCUT2D eigenvalue weighted by Gasteiger charge is -2.09. The van der Waals surface area contributed by atoms with Gasteiger partial charge in [-0.3, -0.25) is 0 Å². The molecule has 0 fully saturated rings. The van der Waals surface area contributed by atoms with E-state index >= 15 is 0 Å². The fraction of sp³-hybridized carbons (Fsp3) is 0.333. The molecule has 0 radical (unpaired) electrons. The molecule has 0 spiro atoms. The molecule has 0 atom stereocenters. The summed E-state index contributed by atoms with van der Waals surface area (Å²) in [6.07, 6.45) is -2.46. The van der Waals surface area contributed by atoms with E-state index in [0.29, 0.717) is 6.54 Å². The average Bonchev–Trinajstić information content (AvgIpc) is 2.65. The maximum absolute atomic E-state index is 12.9. The summed E-state index contributed by atoms with van der Waals surface area (Å²) in [6.45, 7) is -0.382. The molecule has 0 aliphatic carbocycles. The summed E-state index contributed by atoms with van der Waals surface area (Å²) in [7, 11) is 0. The summed E-state index contributed by atoms with van der Waals surface area (Å²) >= 11 is 0. The molecule has 1 N–H and O–H groups in total. The number of nitrogens with zero attached hydrogens (tertiary/aromatic N) is 1. The Morgan fingerprint density at radius 3 is 2.67 bits per heavy atom. The minimum atomic E-state index is -4.19. The second kappa shape index (κ2) is 4.97. The third-order valence-corrected chi connectivity index (χ3v) is 2.59. The highest BCUT2D eigenvalue weighted by atomic mass is 19.4. The van der Waals surface area contributed by atoms with E-state index in [2.05, 4.69) is 5.32 Å². The van der Waals surface area contributed by atoms with E-state index in [4.69, 9.17) is 0 Å². The molecule has 98 valence electrons. The largest absolute Gasteiger partial charge is 0.401 e. The topological polar surface area (TPSA) is 17.0 Å². The highest BCUT2D eigenvalue weighted by Gasteiger charge is 2.25. The lowest BCUT2D eigenvalue weighted by Crippen LogP contribution is -2.31. The summed E-state index contributed by atoms with van der Waals surface area (Å²) in [5.74, 6) is -0.324. The van der Waals surface area contributed by atoms with Gasteiger partial charge < -0.3 is 9.88 Å². The molecule has 1 aromatic heterocycles. The molecule has 2 aromatic rings. The third-order valence-electron chi connectivity index (χ3n) is 2.59. The smallest absolute Gasteiger partial charge is 0.346 e. The SMILES string of the molecule is Fc1ccc2c(ccn2CCNCC(F)(F)F)c1. The number of hydrogen-bond donors (Lipinski definition) is 1. The molecule has 1 aromatic carbocycles. The van der Waals surface area contributed by atoms with Crippen molar-refractivity contribution in [3.8, 4) is 0 Å². The van der Waals surface area contributed by atoms with Gasteiger partial charge in [-0.1, -0.05) is 0 Å². The normalized spacial score (nSPS) is 12.2. The van der Waals surface area contributed by atoms with Crippen LogP contribution in [0.2, 0.25) is 0 Å². The van der Waals surface area contributed by atoms with Crippen molar-refractivity contribution in [2.45, 2.75) is 12.7 Å². The Balaban J connectivity index is 1.96. The Labute approximate surface area is 101 Å². The van der Waals surface area contributed by atoms with Crippen molar-refractivity contribution in [3.63, 3.8) is 0 Å². The van der Waals surface area contributed by atoms with E-state index in [1.807, 2.05) is 0 Å². The van der Waals surface area contributed by atoms with Crippen molar-refractivity contribution in [2.75, 3.05) is 13.1 Å². The first-order valence-corrected chi connectivity index (χ1v) is 5.47. The zero-order valence-corrected chi connectivity index (χ0v) is 9.47. The fourth-order valence-electron chi connectivity index (χ4n) is 1.80. The highest BCUT2D eigenvalue weighted by molar-refractivity contribution is 5.80. The summed E-state index contributed by atoms with van der Waals surface area (Å²) < 4.78 is 50.5. The molecule has 6 heteroatoms. The van der Waals surface area contributed by atoms with Crippen molar-refractivity contribution >= 4 is 10.9 Å². The molecule has 0 saturated carbocycles. The number of alkyl halides is 3. The molecule has 2 rings (SSSR count). The van der Waals surface area contributed by atoms with Gasteiger partial charge in [0, 0.05) is 30.2 Å². The number of hydrogen-bond acceptors (Lipinski definition) is 1. The molecule has 2 nitrogen and oxygen atoms in total. The van der Waals surface area contributed by atoms with E-state index < -0.39 is 12.7 Å². The first-order valence-electron chi connectivity index (χ1n) is 5.47. The second-order valence-corrected chi connectivity index (χ2v) is 4.00. The van der Waals surface area contributed by atoms with E-state index in [1.165, 1.54) is 12.1 Å². The van der Waals surface area contributed by atoms with Crippen molar-refractivity contribution in [1.29, 1.82) is 0 Å². The molecule has 1 heterocycles. The van der Waals surface area contributed by atoms with Crippen LogP contribution in [0.3, 0.4) is 0 Å². The van der Waals surface area contributed by atoms with Gasteiger partial charge in [0.05, 0.1) is 6.54 Å². The summed E-state index contributed by atoms with van der Waals surface area (Å²) in [5.41, 5.74) is 0.810. The van der Waals surface area contributed by atoms with Gasteiger partial charge in [0.25, 0.3) is 0 Å². The average molecular weight is 260 g/mol. The first kappa shape index (κ1) is 12.9. The Morgan fingerprint density at radius 1 is 1.17 bits per heavy atom.